The maximum absolute atomic E-state index is 12.6. The summed E-state index contributed by atoms with van der Waals surface area (Å²) in [5.74, 6) is -1.82. The molecule has 0 bridgehead atoms. The van der Waals surface area contributed by atoms with Crippen molar-refractivity contribution in [3.05, 3.63) is 44.5 Å². The first-order valence-electron chi connectivity index (χ1n) is 6.17. The van der Waals surface area contributed by atoms with Gasteiger partial charge < -0.3 is 4.90 Å². The van der Waals surface area contributed by atoms with Gasteiger partial charge in [0.05, 0.1) is 0 Å². The second-order valence-corrected chi connectivity index (χ2v) is 5.90. The van der Waals surface area contributed by atoms with Gasteiger partial charge in [0.25, 0.3) is 0 Å². The molecule has 0 atom stereocenters. The fourth-order valence-corrected chi connectivity index (χ4v) is 2.81. The second kappa shape index (κ2) is 8.03. The van der Waals surface area contributed by atoms with E-state index in [4.69, 9.17) is 11.6 Å². The quantitative estimate of drug-likeness (QED) is 0.498. The van der Waals surface area contributed by atoms with E-state index in [0.29, 0.717) is 11.4 Å². The normalized spacial score (nSPS) is 11.9. The smallest absolute Gasteiger partial charge is 0.331 e. The average Bonchev–Trinajstić information content (AvgIpc) is 2.39. The van der Waals surface area contributed by atoms with Crippen LogP contribution in [0.4, 0.5) is 13.2 Å². The van der Waals surface area contributed by atoms with Crippen molar-refractivity contribution < 1.29 is 18.0 Å². The Hall–Kier alpha value is -0.760. The standard InChI is InChI=1S/C14H14ClF3INO/c1-2-3-7-20(13(21)14(16,17)18)8-6-10-4-5-11(15)9-12(10)19/h2-5,9H,6-8H2,1H3. The number of carbonyl (C=O) groups excluding carboxylic acids is 1. The predicted octanol–water partition coefficient (Wildman–Crippen LogP) is 4.45. The average molecular weight is 432 g/mol. The minimum absolute atomic E-state index is 0.000315. The van der Waals surface area contributed by atoms with Crippen molar-refractivity contribution in [2.45, 2.75) is 19.5 Å². The van der Waals surface area contributed by atoms with E-state index in [9.17, 15) is 18.0 Å². The van der Waals surface area contributed by atoms with Crippen molar-refractivity contribution in [2.24, 2.45) is 0 Å². The molecule has 0 saturated carbocycles. The van der Waals surface area contributed by atoms with Crippen LogP contribution >= 0.6 is 34.2 Å². The van der Waals surface area contributed by atoms with Crippen molar-refractivity contribution in [3.8, 4) is 0 Å². The Morgan fingerprint density at radius 1 is 1.43 bits per heavy atom. The number of benzene rings is 1. The molecule has 0 radical (unpaired) electrons. The lowest BCUT2D eigenvalue weighted by atomic mass is 10.1. The van der Waals surface area contributed by atoms with Crippen molar-refractivity contribution in [1.29, 1.82) is 0 Å². The van der Waals surface area contributed by atoms with Crippen LogP contribution in [0.2, 0.25) is 5.02 Å². The zero-order valence-electron chi connectivity index (χ0n) is 11.3. The number of halogens is 5. The van der Waals surface area contributed by atoms with Gasteiger partial charge in [-0.15, -0.1) is 0 Å². The zero-order valence-corrected chi connectivity index (χ0v) is 14.2. The van der Waals surface area contributed by atoms with E-state index < -0.39 is 12.1 Å². The highest BCUT2D eigenvalue weighted by atomic mass is 127. The Morgan fingerprint density at radius 3 is 2.62 bits per heavy atom. The summed E-state index contributed by atoms with van der Waals surface area (Å²) in [6.45, 7) is 1.64. The van der Waals surface area contributed by atoms with E-state index in [1.165, 1.54) is 6.08 Å². The Bertz CT molecular complexity index is 531. The first kappa shape index (κ1) is 18.3. The van der Waals surface area contributed by atoms with Gasteiger partial charge in [-0.3, -0.25) is 4.79 Å². The van der Waals surface area contributed by atoms with Gasteiger partial charge in [0, 0.05) is 21.7 Å². The number of hydrogen-bond acceptors (Lipinski definition) is 1. The molecule has 1 rings (SSSR count). The third kappa shape index (κ3) is 5.86. The Balaban J connectivity index is 2.79. The molecular weight excluding hydrogens is 418 g/mol. The molecule has 0 aliphatic rings. The van der Waals surface area contributed by atoms with Gasteiger partial charge >= 0.3 is 12.1 Å². The number of carbonyl (C=O) groups is 1. The van der Waals surface area contributed by atoms with Crippen LogP contribution in [-0.2, 0) is 11.2 Å². The van der Waals surface area contributed by atoms with Gasteiger partial charge in [0.2, 0.25) is 0 Å². The predicted molar refractivity (Wildman–Crippen MR) is 85.3 cm³/mol. The van der Waals surface area contributed by atoms with Crippen molar-refractivity contribution in [2.75, 3.05) is 13.1 Å². The number of allylic oxidation sites excluding steroid dienone is 1. The first-order chi connectivity index (χ1) is 9.75. The molecule has 0 aliphatic carbocycles. The van der Waals surface area contributed by atoms with Crippen LogP contribution in [0.25, 0.3) is 0 Å². The van der Waals surface area contributed by atoms with Gasteiger partial charge in [-0.2, -0.15) is 13.2 Å². The van der Waals surface area contributed by atoms with Crippen LogP contribution in [0.15, 0.2) is 30.4 Å². The highest BCUT2D eigenvalue weighted by molar-refractivity contribution is 14.1. The molecule has 0 fully saturated rings. The molecule has 21 heavy (non-hydrogen) atoms. The molecule has 0 heterocycles. The Labute approximate surface area is 140 Å². The minimum atomic E-state index is -4.85. The SMILES string of the molecule is CC=CCN(CCc1ccc(Cl)cc1I)C(=O)C(F)(F)F. The van der Waals surface area contributed by atoms with Gasteiger partial charge in [-0.1, -0.05) is 29.8 Å². The number of hydrogen-bond donors (Lipinski definition) is 0. The summed E-state index contributed by atoms with van der Waals surface area (Å²) in [7, 11) is 0. The number of alkyl halides is 3. The summed E-state index contributed by atoms with van der Waals surface area (Å²) in [5, 5.41) is 0.570. The lowest BCUT2D eigenvalue weighted by molar-refractivity contribution is -0.184. The second-order valence-electron chi connectivity index (χ2n) is 4.30. The lowest BCUT2D eigenvalue weighted by Gasteiger charge is -2.22. The Kier molecular flexibility index (Phi) is 6.99. The fraction of sp³-hybridized carbons (Fsp3) is 0.357. The topological polar surface area (TPSA) is 20.3 Å². The van der Waals surface area contributed by atoms with Crippen LogP contribution < -0.4 is 0 Å². The van der Waals surface area contributed by atoms with E-state index in [2.05, 4.69) is 22.6 Å². The van der Waals surface area contributed by atoms with Gasteiger partial charge in [0.1, 0.15) is 0 Å². The van der Waals surface area contributed by atoms with Crippen molar-refractivity contribution in [1.82, 2.24) is 4.90 Å². The summed E-state index contributed by atoms with van der Waals surface area (Å²) >= 11 is 7.90. The molecule has 7 heteroatoms. The summed E-state index contributed by atoms with van der Waals surface area (Å²) in [6, 6.07) is 5.18. The zero-order chi connectivity index (χ0) is 16.0. The maximum Gasteiger partial charge on any atom is 0.471 e. The highest BCUT2D eigenvalue weighted by Crippen LogP contribution is 2.21. The molecular formula is C14H14ClF3INO. The largest absolute Gasteiger partial charge is 0.471 e. The summed E-state index contributed by atoms with van der Waals surface area (Å²) < 4.78 is 38.5. The molecule has 2 nitrogen and oxygen atoms in total. The Morgan fingerprint density at radius 2 is 2.10 bits per heavy atom. The first-order valence-corrected chi connectivity index (χ1v) is 7.62. The van der Waals surface area contributed by atoms with Crippen molar-refractivity contribution in [3.63, 3.8) is 0 Å². The van der Waals surface area contributed by atoms with Crippen LogP contribution in [0.5, 0.6) is 0 Å². The van der Waals surface area contributed by atoms with E-state index in [0.717, 1.165) is 14.0 Å². The molecule has 0 saturated heterocycles. The third-order valence-corrected chi connectivity index (χ3v) is 4.00. The number of nitrogens with zero attached hydrogens (tertiary/aromatic N) is 1. The molecule has 116 valence electrons. The fourth-order valence-electron chi connectivity index (χ4n) is 1.67. The van der Waals surface area contributed by atoms with E-state index in [1.807, 2.05) is 0 Å². The van der Waals surface area contributed by atoms with Crippen LogP contribution in [0.1, 0.15) is 12.5 Å². The molecule has 0 N–H and O–H groups in total. The van der Waals surface area contributed by atoms with E-state index in [1.54, 1.807) is 31.2 Å². The van der Waals surface area contributed by atoms with Crippen LogP contribution in [0.3, 0.4) is 0 Å². The monoisotopic (exact) mass is 431 g/mol. The minimum Gasteiger partial charge on any atom is -0.331 e. The number of rotatable bonds is 5. The third-order valence-electron chi connectivity index (χ3n) is 2.76. The van der Waals surface area contributed by atoms with Crippen molar-refractivity contribution >= 4 is 40.1 Å². The van der Waals surface area contributed by atoms with Crippen LogP contribution in [0, 0.1) is 3.57 Å². The lowest BCUT2D eigenvalue weighted by Crippen LogP contribution is -2.42. The molecule has 0 spiro atoms. The molecule has 0 aliphatic heterocycles. The van der Waals surface area contributed by atoms with Gasteiger partial charge in [-0.05, 0) is 53.6 Å². The summed E-state index contributed by atoms with van der Waals surface area (Å²) in [5.41, 5.74) is 0.862. The van der Waals surface area contributed by atoms with Gasteiger partial charge in [-0.25, -0.2) is 0 Å². The van der Waals surface area contributed by atoms with Gasteiger partial charge in [0.15, 0.2) is 0 Å². The molecule has 1 aromatic rings. The van der Waals surface area contributed by atoms with Crippen LogP contribution in [-0.4, -0.2) is 30.1 Å². The van der Waals surface area contributed by atoms with E-state index >= 15 is 0 Å². The summed E-state index contributed by atoms with van der Waals surface area (Å²) in [4.78, 5) is 12.2. The summed E-state index contributed by atoms with van der Waals surface area (Å²) in [6.07, 6.45) is -1.37. The molecule has 0 unspecified atom stereocenters. The molecule has 1 amide bonds. The van der Waals surface area contributed by atoms with E-state index in [-0.39, 0.29) is 13.1 Å². The molecule has 0 aromatic heterocycles. The maximum atomic E-state index is 12.6. The highest BCUT2D eigenvalue weighted by Gasteiger charge is 2.41. The number of amides is 1. The molecule has 1 aromatic carbocycles.